The van der Waals surface area contributed by atoms with Crippen molar-refractivity contribution in [1.82, 2.24) is 19.5 Å². The lowest BCUT2D eigenvalue weighted by molar-refractivity contribution is -0.149. The number of nitrogens with zero attached hydrogens (tertiary/aromatic N) is 4. The molecular weight excluding hydrogens is 655 g/mol. The molecule has 240 valence electrons. The summed E-state index contributed by atoms with van der Waals surface area (Å²) in [5.74, 6) is 0.143. The van der Waals surface area contributed by atoms with Crippen LogP contribution in [0.3, 0.4) is 0 Å². The van der Waals surface area contributed by atoms with Crippen molar-refractivity contribution in [2.45, 2.75) is 43.4 Å². The highest BCUT2D eigenvalue weighted by Gasteiger charge is 2.54. The van der Waals surface area contributed by atoms with E-state index >= 15 is 0 Å². The number of hydrogen-bond acceptors (Lipinski definition) is 13. The van der Waals surface area contributed by atoms with Gasteiger partial charge in [0.2, 0.25) is 0 Å². The fourth-order valence-electron chi connectivity index (χ4n) is 5.06. The molecule has 0 aliphatic carbocycles. The Kier molecular flexibility index (Phi) is 9.07. The number of anilines is 1. The van der Waals surface area contributed by atoms with E-state index in [1.807, 2.05) is 30.3 Å². The molecule has 0 bridgehead atoms. The number of nitrogens with two attached hydrogens (primary N) is 1. The summed E-state index contributed by atoms with van der Waals surface area (Å²) in [5, 5.41) is 0. The van der Waals surface area contributed by atoms with Crippen LogP contribution < -0.4 is 5.73 Å². The first-order valence-corrected chi connectivity index (χ1v) is 18.2. The molecule has 6 rings (SSSR count). The highest BCUT2D eigenvalue weighted by Crippen LogP contribution is 2.68. The van der Waals surface area contributed by atoms with E-state index in [1.54, 1.807) is 22.8 Å². The number of phosphoric ester groups is 1. The Balaban J connectivity index is 1.16. The Hall–Kier alpha value is -2.88. The highest BCUT2D eigenvalue weighted by molar-refractivity contribution is 7.68. The van der Waals surface area contributed by atoms with Crippen LogP contribution in [0, 0.1) is 0 Å². The second kappa shape index (κ2) is 12.7. The molecule has 2 fully saturated rings. The number of phosphoric acid groups is 2. The highest BCUT2D eigenvalue weighted by atomic mass is 31.3. The number of ether oxygens (including phenoxy) is 3. The molecule has 0 saturated carbocycles. The average Bonchev–Trinajstić information content (AvgIpc) is 3.66. The second-order valence-electron chi connectivity index (χ2n) is 10.1. The van der Waals surface area contributed by atoms with Crippen LogP contribution in [0.4, 0.5) is 5.82 Å². The molecule has 2 aliphatic rings. The van der Waals surface area contributed by atoms with Crippen LogP contribution >= 0.6 is 23.2 Å². The van der Waals surface area contributed by atoms with Crippen molar-refractivity contribution in [3.63, 3.8) is 0 Å². The molecule has 20 heteroatoms. The quantitative estimate of drug-likeness (QED) is 0.157. The third-order valence-electron chi connectivity index (χ3n) is 6.87. The van der Waals surface area contributed by atoms with Gasteiger partial charge in [-0.15, -0.1) is 0 Å². The molecule has 0 amide bonds. The number of fused-ring (bicyclic) bond motifs is 2. The lowest BCUT2D eigenvalue weighted by atomic mass is 10.1. The molecule has 2 saturated heterocycles. The minimum atomic E-state index is -5.57. The lowest BCUT2D eigenvalue weighted by Gasteiger charge is -2.22. The van der Waals surface area contributed by atoms with Crippen molar-refractivity contribution < 1.29 is 55.7 Å². The first kappa shape index (κ1) is 32.1. The number of nitrogen functional groups attached to an aromatic ring is 1. The number of aromatic nitrogens is 4. The summed E-state index contributed by atoms with van der Waals surface area (Å²) >= 11 is 0. The predicted molar refractivity (Wildman–Crippen MR) is 155 cm³/mol. The zero-order chi connectivity index (χ0) is 31.8. The van der Waals surface area contributed by atoms with Gasteiger partial charge in [0.05, 0.1) is 19.1 Å². The molecule has 2 aromatic carbocycles. The van der Waals surface area contributed by atoms with Gasteiger partial charge in [-0.3, -0.25) is 13.7 Å². The molecule has 0 spiro atoms. The maximum absolute atomic E-state index is 12.7. The summed E-state index contributed by atoms with van der Waals surface area (Å²) in [5.41, 5.74) is 7.83. The van der Waals surface area contributed by atoms with Crippen molar-refractivity contribution in [2.75, 3.05) is 12.3 Å². The van der Waals surface area contributed by atoms with Gasteiger partial charge in [-0.25, -0.2) is 28.4 Å². The van der Waals surface area contributed by atoms with E-state index in [1.165, 1.54) is 24.8 Å². The minimum Gasteiger partial charge on any atom is -0.382 e. The van der Waals surface area contributed by atoms with Gasteiger partial charge in [0, 0.05) is 6.42 Å². The van der Waals surface area contributed by atoms with Crippen molar-refractivity contribution in [1.29, 1.82) is 0 Å². The Morgan fingerprint density at radius 3 is 2.20 bits per heavy atom. The third kappa shape index (κ3) is 7.58. The Morgan fingerprint density at radius 2 is 1.49 bits per heavy atom. The number of benzene rings is 2. The Morgan fingerprint density at radius 1 is 0.822 bits per heavy atom. The second-order valence-corrected chi connectivity index (χ2v) is 15.2. The Labute approximate surface area is 255 Å². The topological polar surface area (TPSA) is 237 Å². The molecule has 2 aromatic heterocycles. The van der Waals surface area contributed by atoms with Gasteiger partial charge in [-0.2, -0.15) is 4.31 Å². The average molecular weight is 683 g/mol. The van der Waals surface area contributed by atoms with Gasteiger partial charge in [0.15, 0.2) is 24.0 Å². The summed E-state index contributed by atoms with van der Waals surface area (Å²) < 4.78 is 71.2. The molecule has 5 unspecified atom stereocenters. The largest absolute Gasteiger partial charge is 0.488 e. The van der Waals surface area contributed by atoms with Gasteiger partial charge < -0.3 is 34.6 Å². The summed E-state index contributed by atoms with van der Waals surface area (Å²) in [6.45, 7) is -0.683. The van der Waals surface area contributed by atoms with E-state index in [9.17, 15) is 28.4 Å². The summed E-state index contributed by atoms with van der Waals surface area (Å²) in [6.07, 6.45) is -1.91. The summed E-state index contributed by atoms with van der Waals surface area (Å²) in [6, 6.07) is 17.2. The number of rotatable bonds is 12. The van der Waals surface area contributed by atoms with Crippen molar-refractivity contribution in [2.24, 2.45) is 0 Å². The van der Waals surface area contributed by atoms with Crippen LogP contribution in [0.2, 0.25) is 0 Å². The molecule has 4 heterocycles. The first-order valence-electron chi connectivity index (χ1n) is 13.4. The van der Waals surface area contributed by atoms with Gasteiger partial charge in [0.25, 0.3) is 0 Å². The predicted octanol–water partition coefficient (Wildman–Crippen LogP) is 3.29. The molecule has 0 radical (unpaired) electrons. The molecular formula is C25H28N5O12P3. The minimum absolute atomic E-state index is 0.143. The van der Waals surface area contributed by atoms with Crippen molar-refractivity contribution in [3.8, 4) is 0 Å². The van der Waals surface area contributed by atoms with Crippen molar-refractivity contribution >= 4 is 40.2 Å². The van der Waals surface area contributed by atoms with E-state index in [0.717, 1.165) is 5.56 Å². The fourth-order valence-corrected chi connectivity index (χ4v) is 9.21. The molecule has 4 aromatic rings. The molecule has 2 aliphatic heterocycles. The maximum atomic E-state index is 12.7. The van der Waals surface area contributed by atoms with Gasteiger partial charge in [-0.1, -0.05) is 60.7 Å². The van der Waals surface area contributed by atoms with Gasteiger partial charge in [0.1, 0.15) is 30.2 Å². The monoisotopic (exact) mass is 683 g/mol. The van der Waals surface area contributed by atoms with Crippen LogP contribution in [0.15, 0.2) is 73.3 Å². The van der Waals surface area contributed by atoms with E-state index in [4.69, 9.17) is 24.5 Å². The number of hydrogen-bond donors (Lipinski definition) is 4. The van der Waals surface area contributed by atoms with Crippen molar-refractivity contribution in [3.05, 3.63) is 84.4 Å². The van der Waals surface area contributed by atoms with Gasteiger partial charge in [-0.05, 0) is 11.1 Å². The normalized spacial score (nSPS) is 27.0. The summed E-state index contributed by atoms with van der Waals surface area (Å²) in [4.78, 5) is 42.8. The third-order valence-corrected chi connectivity index (χ3v) is 11.6. The van der Waals surface area contributed by atoms with E-state index in [-0.39, 0.29) is 5.82 Å². The zero-order valence-electron chi connectivity index (χ0n) is 23.2. The van der Waals surface area contributed by atoms with E-state index in [0.29, 0.717) is 23.1 Å². The maximum Gasteiger partial charge on any atom is 0.488 e. The fraction of sp³-hybridized carbons (Fsp3) is 0.320. The molecule has 17 nitrogen and oxygen atoms in total. The lowest BCUT2D eigenvalue weighted by Crippen LogP contribution is -2.31. The van der Waals surface area contributed by atoms with Gasteiger partial charge >= 0.3 is 23.2 Å². The first-order chi connectivity index (χ1) is 21.4. The van der Waals surface area contributed by atoms with E-state index in [2.05, 4.69) is 23.6 Å². The summed E-state index contributed by atoms with van der Waals surface area (Å²) in [7, 11) is -15.7. The molecule has 5 N–H and O–H groups in total. The smallest absolute Gasteiger partial charge is 0.382 e. The van der Waals surface area contributed by atoms with Crippen LogP contribution in [-0.4, -0.2) is 65.4 Å². The van der Waals surface area contributed by atoms with Crippen LogP contribution in [0.25, 0.3) is 11.2 Å². The van der Waals surface area contributed by atoms with Crippen LogP contribution in [0.1, 0.15) is 17.4 Å². The Bertz CT molecular complexity index is 1800. The number of imidazole rings is 1. The zero-order valence-corrected chi connectivity index (χ0v) is 25.8. The van der Waals surface area contributed by atoms with E-state index < -0.39 is 66.8 Å². The standard InChI is InChI=1S/C25H28N5O12P3/c26-23-20-24(28-14-27-23)30(15-29-20)25-22-21(39-19(40-22)11-16-7-3-1-4-8-16)18(38-25)12-37-44(33,34)42-45(35,36)41-43(31,32)13-17-9-5-2-6-10-17/h1-10,14-15,18-19,21-22,25H,11-13H2,(H,31,32)(H,33,34)(H,35,36)(H2,26,27,28)/t18-,19?,21?,22+,25-/m1/s1. The molecule has 45 heavy (non-hydrogen) atoms. The van der Waals surface area contributed by atoms with Crippen LogP contribution in [-0.2, 0) is 53.6 Å². The molecule has 8 atom stereocenters. The SMILES string of the molecule is Nc1ncnc2c1ncn2[C@@H]1O[C@H](COP(=O)(O)OP(=O)(O)OP(=O)(O)Cc2ccccc2)C2OC(Cc3ccccc3)O[C@@H]21. The van der Waals surface area contributed by atoms with Crippen LogP contribution in [0.5, 0.6) is 0 Å².